The highest BCUT2D eigenvalue weighted by molar-refractivity contribution is 7.80. The fourth-order valence-electron chi connectivity index (χ4n) is 4.07. The number of halogens is 3. The Labute approximate surface area is 243 Å². The zero-order chi connectivity index (χ0) is 30.3. The largest absolute Gasteiger partial charge is 0.428 e. The zero-order valence-electron chi connectivity index (χ0n) is 22.4. The fraction of sp³-hybridized carbons (Fsp3) is 0.320. The lowest BCUT2D eigenvalue weighted by atomic mass is 9.86. The van der Waals surface area contributed by atoms with E-state index in [1.807, 2.05) is 0 Å². The highest BCUT2D eigenvalue weighted by Gasteiger charge is 2.44. The molecular weight excluding hydrogens is 577 g/mol. The number of nitrogens with one attached hydrogen (secondary N) is 2. The van der Waals surface area contributed by atoms with E-state index < -0.39 is 42.3 Å². The maximum atomic E-state index is 15.1. The summed E-state index contributed by atoms with van der Waals surface area (Å²) in [4.78, 5) is 16.6. The molecule has 4 rings (SSSR count). The minimum Gasteiger partial charge on any atom is -0.414 e. The Balaban J connectivity index is 1.67. The van der Waals surface area contributed by atoms with Crippen molar-refractivity contribution in [2.45, 2.75) is 51.2 Å². The summed E-state index contributed by atoms with van der Waals surface area (Å²) in [5.74, 6) is -1.92. The number of hydrazine groups is 1. The van der Waals surface area contributed by atoms with Gasteiger partial charge in [0, 0.05) is 23.7 Å². The van der Waals surface area contributed by atoms with Crippen LogP contribution in [0.5, 0.6) is 0 Å². The number of thiocarbonyl (C=S) groups is 1. The van der Waals surface area contributed by atoms with Gasteiger partial charge in [-0.3, -0.25) is 5.01 Å². The normalized spacial score (nSPS) is 14.0. The summed E-state index contributed by atoms with van der Waals surface area (Å²) in [5, 5.41) is 30.7. The maximum absolute atomic E-state index is 15.1. The molecule has 4 aromatic rings. The first kappa shape index (κ1) is 30.3. The monoisotopic (exact) mass is 604 g/mol. The standard InChI is InChI=1S/C25H27F3N10O3S/c1-3-4-22(28)41-24(39)33-38(23(42)32-18-6-8-19(9-7-18)37-15-30-34-35-37)16(2)25(40,12-36-14-29-13-31-36)20-10-5-17(26)11-21(20)27/h5-11,13-16,22,40H,3-4,12H2,1-2H3,(H,32,42)(H,33,39)/t16-,22?,25-/m1/s1. The van der Waals surface area contributed by atoms with Gasteiger partial charge >= 0.3 is 6.09 Å². The summed E-state index contributed by atoms with van der Waals surface area (Å²) < 4.78 is 50.5. The number of carbonyl (C=O) groups excluding carboxylic acids is 1. The van der Waals surface area contributed by atoms with Crippen molar-refractivity contribution in [1.29, 1.82) is 0 Å². The molecule has 3 atom stereocenters. The number of alkyl halides is 1. The summed E-state index contributed by atoms with van der Waals surface area (Å²) in [5.41, 5.74) is 0.894. The summed E-state index contributed by atoms with van der Waals surface area (Å²) in [6.45, 7) is 2.75. The van der Waals surface area contributed by atoms with Crippen LogP contribution in [0, 0.1) is 11.6 Å². The number of ether oxygens (including phenoxy) is 1. The molecular formula is C25H27F3N10O3S. The summed E-state index contributed by atoms with van der Waals surface area (Å²) >= 11 is 5.56. The van der Waals surface area contributed by atoms with Crippen molar-refractivity contribution < 1.29 is 27.8 Å². The number of hydrogen-bond donors (Lipinski definition) is 3. The van der Waals surface area contributed by atoms with Crippen molar-refractivity contribution in [3.8, 4) is 5.69 Å². The van der Waals surface area contributed by atoms with Gasteiger partial charge in [-0.1, -0.05) is 13.0 Å². The molecule has 2 aromatic heterocycles. The molecule has 0 saturated carbocycles. The van der Waals surface area contributed by atoms with Gasteiger partial charge in [0.2, 0.25) is 6.36 Å². The average molecular weight is 605 g/mol. The van der Waals surface area contributed by atoms with Crippen molar-refractivity contribution in [2.24, 2.45) is 0 Å². The number of tetrazole rings is 1. The van der Waals surface area contributed by atoms with Crippen molar-refractivity contribution >= 4 is 29.1 Å². The van der Waals surface area contributed by atoms with Crippen molar-refractivity contribution in [3.63, 3.8) is 0 Å². The van der Waals surface area contributed by atoms with Crippen molar-refractivity contribution in [2.75, 3.05) is 5.32 Å². The van der Waals surface area contributed by atoms with Crippen LogP contribution in [-0.4, -0.2) is 68.7 Å². The number of nitrogens with zero attached hydrogens (tertiary/aromatic N) is 8. The second-order valence-corrected chi connectivity index (χ2v) is 9.52. The SMILES string of the molecule is CCCC(F)OC(=O)NN(C(=S)Nc1ccc(-n2cnnn2)cc1)[C@H](C)[C@](O)(Cn1cncn1)c1ccc(F)cc1F. The molecule has 1 unspecified atom stereocenters. The van der Waals surface area contributed by atoms with Crippen LogP contribution in [0.15, 0.2) is 61.4 Å². The fourth-order valence-corrected chi connectivity index (χ4v) is 4.39. The van der Waals surface area contributed by atoms with E-state index in [-0.39, 0.29) is 17.1 Å². The molecule has 3 N–H and O–H groups in total. The number of aliphatic hydroxyl groups is 1. The molecule has 17 heteroatoms. The third-order valence-corrected chi connectivity index (χ3v) is 6.56. The van der Waals surface area contributed by atoms with E-state index in [1.165, 1.54) is 35.3 Å². The molecule has 2 heterocycles. The van der Waals surface area contributed by atoms with E-state index in [9.17, 15) is 18.7 Å². The molecule has 0 bridgehead atoms. The second kappa shape index (κ2) is 13.3. The van der Waals surface area contributed by atoms with Crippen LogP contribution in [-0.2, 0) is 16.9 Å². The van der Waals surface area contributed by atoms with Gasteiger partial charge in [0.25, 0.3) is 0 Å². The zero-order valence-corrected chi connectivity index (χ0v) is 23.2. The molecule has 1 amide bonds. The van der Waals surface area contributed by atoms with E-state index in [1.54, 1.807) is 31.2 Å². The Morgan fingerprint density at radius 3 is 2.60 bits per heavy atom. The maximum Gasteiger partial charge on any atom is 0.428 e. The van der Waals surface area contributed by atoms with Gasteiger partial charge in [-0.15, -0.1) is 5.10 Å². The predicted octanol–water partition coefficient (Wildman–Crippen LogP) is 3.24. The van der Waals surface area contributed by atoms with E-state index in [0.29, 0.717) is 23.9 Å². The van der Waals surface area contributed by atoms with Gasteiger partial charge < -0.3 is 15.2 Å². The Hall–Kier alpha value is -4.64. The third kappa shape index (κ3) is 7.16. The van der Waals surface area contributed by atoms with E-state index in [4.69, 9.17) is 17.0 Å². The van der Waals surface area contributed by atoms with Crippen LogP contribution < -0.4 is 10.7 Å². The molecule has 0 spiro atoms. The lowest BCUT2D eigenvalue weighted by molar-refractivity contribution is -0.0596. The molecule has 0 fully saturated rings. The highest BCUT2D eigenvalue weighted by atomic mass is 32.1. The van der Waals surface area contributed by atoms with Crippen LogP contribution >= 0.6 is 12.2 Å². The highest BCUT2D eigenvalue weighted by Crippen LogP contribution is 2.33. The molecule has 0 radical (unpaired) electrons. The quantitative estimate of drug-likeness (QED) is 0.181. The number of aromatic nitrogens is 7. The number of benzene rings is 2. The van der Waals surface area contributed by atoms with E-state index in [0.717, 1.165) is 17.1 Å². The second-order valence-electron chi connectivity index (χ2n) is 9.13. The Morgan fingerprint density at radius 2 is 1.98 bits per heavy atom. The lowest BCUT2D eigenvalue weighted by Gasteiger charge is -2.41. The van der Waals surface area contributed by atoms with Crippen LogP contribution in [0.4, 0.5) is 23.7 Å². The molecule has 42 heavy (non-hydrogen) atoms. The summed E-state index contributed by atoms with van der Waals surface area (Å²) in [6, 6.07) is 8.02. The molecule has 0 aliphatic carbocycles. The predicted molar refractivity (Wildman–Crippen MR) is 146 cm³/mol. The molecule has 0 saturated heterocycles. The molecule has 13 nitrogen and oxygen atoms in total. The number of amides is 1. The Morgan fingerprint density at radius 1 is 1.21 bits per heavy atom. The van der Waals surface area contributed by atoms with E-state index >= 15 is 4.39 Å². The topological polar surface area (TPSA) is 148 Å². The number of hydrogen-bond acceptors (Lipinski definition) is 9. The average Bonchev–Trinajstić information content (AvgIpc) is 3.67. The number of rotatable bonds is 10. The van der Waals surface area contributed by atoms with Gasteiger partial charge in [0.1, 0.15) is 36.2 Å². The van der Waals surface area contributed by atoms with Crippen LogP contribution in [0.3, 0.4) is 0 Å². The smallest absolute Gasteiger partial charge is 0.414 e. The molecule has 0 aliphatic heterocycles. The van der Waals surface area contributed by atoms with Gasteiger partial charge in [-0.25, -0.2) is 37.7 Å². The van der Waals surface area contributed by atoms with Gasteiger partial charge in [-0.05, 0) is 66.3 Å². The summed E-state index contributed by atoms with van der Waals surface area (Å²) in [7, 11) is 0. The number of anilines is 1. The number of carbonyl (C=O) groups is 1. The first-order chi connectivity index (χ1) is 20.1. The van der Waals surface area contributed by atoms with E-state index in [2.05, 4.69) is 36.4 Å². The van der Waals surface area contributed by atoms with Gasteiger partial charge in [-0.2, -0.15) is 5.10 Å². The Bertz CT molecular complexity index is 1480. The van der Waals surface area contributed by atoms with Crippen molar-refractivity contribution in [1.82, 2.24) is 45.4 Å². The van der Waals surface area contributed by atoms with Crippen LogP contribution in [0.2, 0.25) is 0 Å². The lowest BCUT2D eigenvalue weighted by Crippen LogP contribution is -2.61. The van der Waals surface area contributed by atoms with Crippen molar-refractivity contribution in [3.05, 3.63) is 78.6 Å². The van der Waals surface area contributed by atoms with Crippen LogP contribution in [0.1, 0.15) is 32.3 Å². The first-order valence-corrected chi connectivity index (χ1v) is 13.1. The third-order valence-electron chi connectivity index (χ3n) is 6.26. The molecule has 222 valence electrons. The van der Waals surface area contributed by atoms with Crippen LogP contribution in [0.25, 0.3) is 5.69 Å². The Kier molecular flexibility index (Phi) is 9.64. The van der Waals surface area contributed by atoms with Gasteiger partial charge in [0.15, 0.2) is 5.11 Å². The first-order valence-electron chi connectivity index (χ1n) is 12.7. The summed E-state index contributed by atoms with van der Waals surface area (Å²) in [6.07, 6.45) is 1.15. The van der Waals surface area contributed by atoms with Gasteiger partial charge in [0.05, 0.1) is 18.3 Å². The molecule has 0 aliphatic rings. The minimum absolute atomic E-state index is 0.0453. The molecule has 2 aromatic carbocycles. The minimum atomic E-state index is -2.22.